The van der Waals surface area contributed by atoms with Crippen molar-refractivity contribution in [1.82, 2.24) is 33.7 Å². The number of urea groups is 2. The Morgan fingerprint density at radius 1 is 0.722 bits per heavy atom. The zero-order valence-electron chi connectivity index (χ0n) is 30.9. The number of hydrogen-bond donors (Lipinski definition) is 2. The Labute approximate surface area is 310 Å². The molecule has 0 spiro atoms. The minimum absolute atomic E-state index is 0.00133. The van der Waals surface area contributed by atoms with E-state index in [1.807, 2.05) is 4.98 Å². The summed E-state index contributed by atoms with van der Waals surface area (Å²) < 4.78 is 38.2. The van der Waals surface area contributed by atoms with E-state index >= 15 is 0 Å². The molecule has 1 saturated carbocycles. The van der Waals surface area contributed by atoms with Gasteiger partial charge in [0.1, 0.15) is 33.5 Å². The van der Waals surface area contributed by atoms with Crippen LogP contribution < -0.4 is 17.1 Å². The van der Waals surface area contributed by atoms with Crippen LogP contribution in [-0.4, -0.2) is 156 Å². The Morgan fingerprint density at radius 3 is 1.78 bits per heavy atom. The number of H-pyrrole nitrogens is 1. The molecule has 3 fully saturated rings. The first kappa shape index (κ1) is 42.4. The SMILES string of the molecule is CCOCCOC(=O)CCn1c(=O)[nH]c(=O)n(CCC(=O)OCOCN2C(=O)N(COC)C3C2N(COCC(O)C2CCCCC2)C(=O)N3COC)c1=O. The maximum absolute atomic E-state index is 13.5. The summed E-state index contributed by atoms with van der Waals surface area (Å²) in [6.07, 6.45) is 1.72. The van der Waals surface area contributed by atoms with Crippen molar-refractivity contribution < 1.29 is 57.4 Å². The average molecular weight is 774 g/mol. The lowest BCUT2D eigenvalue weighted by atomic mass is 9.85. The summed E-state index contributed by atoms with van der Waals surface area (Å²) >= 11 is 0. The van der Waals surface area contributed by atoms with Gasteiger partial charge in [-0.1, -0.05) is 19.3 Å². The van der Waals surface area contributed by atoms with Crippen molar-refractivity contribution in [3.8, 4) is 0 Å². The summed E-state index contributed by atoms with van der Waals surface area (Å²) in [5.41, 5.74) is -3.13. The van der Waals surface area contributed by atoms with Crippen LogP contribution in [0, 0.1) is 5.92 Å². The molecule has 3 heterocycles. The van der Waals surface area contributed by atoms with Crippen molar-refractivity contribution in [3.63, 3.8) is 0 Å². The number of aliphatic hydroxyl groups is 1. The van der Waals surface area contributed by atoms with Gasteiger partial charge in [0.05, 0.1) is 32.2 Å². The van der Waals surface area contributed by atoms with E-state index < -0.39 is 86.0 Å². The van der Waals surface area contributed by atoms with Crippen LogP contribution in [0.3, 0.4) is 0 Å². The summed E-state index contributed by atoms with van der Waals surface area (Å²) in [7, 11) is 2.80. The third-order valence-corrected chi connectivity index (χ3v) is 9.25. The second-order valence-corrected chi connectivity index (χ2v) is 12.8. The zero-order chi connectivity index (χ0) is 39.2. The predicted octanol–water partition coefficient (Wildman–Crippen LogP) is -1.22. The Bertz CT molecular complexity index is 1590. The molecule has 2 aliphatic heterocycles. The number of esters is 2. The van der Waals surface area contributed by atoms with Gasteiger partial charge in [0.2, 0.25) is 0 Å². The molecule has 4 rings (SSSR count). The van der Waals surface area contributed by atoms with E-state index in [1.165, 1.54) is 33.8 Å². The number of nitrogens with zero attached hydrogens (tertiary/aromatic N) is 6. The van der Waals surface area contributed by atoms with Crippen molar-refractivity contribution in [2.24, 2.45) is 5.92 Å². The summed E-state index contributed by atoms with van der Waals surface area (Å²) in [6.45, 7) is -0.0525. The van der Waals surface area contributed by atoms with Crippen LogP contribution in [0.1, 0.15) is 51.9 Å². The average Bonchev–Trinajstić information content (AvgIpc) is 3.57. The molecule has 1 aromatic heterocycles. The van der Waals surface area contributed by atoms with Gasteiger partial charge in [0.15, 0.2) is 19.1 Å². The monoisotopic (exact) mass is 773 g/mol. The first-order valence-corrected chi connectivity index (χ1v) is 17.8. The van der Waals surface area contributed by atoms with Gasteiger partial charge in [-0.25, -0.2) is 33.1 Å². The summed E-state index contributed by atoms with van der Waals surface area (Å²) in [5.74, 6) is -1.45. The summed E-state index contributed by atoms with van der Waals surface area (Å²) in [4.78, 5) is 96.2. The second kappa shape index (κ2) is 20.9. The number of methoxy groups -OCH3 is 2. The standard InChI is InChI=1S/C32H51N7O15/c1-4-50-14-15-53-24(41)10-12-34-28(43)33-29(44)35(30(34)45)13-11-25(42)54-21-52-20-39-27-26(37(18-49-3)32(39)47)36(17-48-2)31(46)38(27)19-51-16-23(40)22-8-6-5-7-9-22/h22-23,26-27,40H,4-21H2,1-3H3,(H,33,43,44). The molecule has 304 valence electrons. The highest BCUT2D eigenvalue weighted by Crippen LogP contribution is 2.35. The van der Waals surface area contributed by atoms with E-state index in [1.54, 1.807) is 6.92 Å². The Morgan fingerprint density at radius 2 is 1.24 bits per heavy atom. The number of aromatic nitrogens is 3. The first-order chi connectivity index (χ1) is 26.0. The largest absolute Gasteiger partial charge is 0.463 e. The number of hydrogen-bond acceptors (Lipinski definition) is 15. The van der Waals surface area contributed by atoms with Gasteiger partial charge < -0.3 is 38.3 Å². The van der Waals surface area contributed by atoms with Crippen molar-refractivity contribution in [2.75, 3.05) is 74.4 Å². The lowest BCUT2D eigenvalue weighted by Crippen LogP contribution is -2.50. The number of carbonyl (C=O) groups excluding carboxylic acids is 4. The molecule has 22 heteroatoms. The molecule has 4 amide bonds. The number of carbonyl (C=O) groups is 4. The minimum atomic E-state index is -1.06. The molecule has 3 atom stereocenters. The quantitative estimate of drug-likeness (QED) is 0.0753. The number of aliphatic hydroxyl groups excluding tert-OH is 1. The van der Waals surface area contributed by atoms with Gasteiger partial charge in [-0.05, 0) is 25.7 Å². The fraction of sp³-hybridized carbons (Fsp3) is 0.781. The van der Waals surface area contributed by atoms with Crippen LogP contribution in [0.25, 0.3) is 0 Å². The third kappa shape index (κ3) is 10.7. The van der Waals surface area contributed by atoms with Crippen molar-refractivity contribution in [3.05, 3.63) is 31.5 Å². The van der Waals surface area contributed by atoms with Crippen LogP contribution in [-0.2, 0) is 55.8 Å². The highest BCUT2D eigenvalue weighted by atomic mass is 16.7. The van der Waals surface area contributed by atoms with Crippen molar-refractivity contribution in [1.29, 1.82) is 0 Å². The number of fused-ring (bicyclic) bond motifs is 1. The molecule has 2 N–H and O–H groups in total. The highest BCUT2D eigenvalue weighted by molar-refractivity contribution is 5.85. The fourth-order valence-electron chi connectivity index (χ4n) is 6.59. The number of amides is 4. The highest BCUT2D eigenvalue weighted by Gasteiger charge is 2.59. The smallest absolute Gasteiger partial charge is 0.336 e. The summed E-state index contributed by atoms with van der Waals surface area (Å²) in [5, 5.41) is 10.7. The van der Waals surface area contributed by atoms with Crippen LogP contribution in [0.5, 0.6) is 0 Å². The molecule has 0 aromatic carbocycles. The molecule has 3 unspecified atom stereocenters. The third-order valence-electron chi connectivity index (χ3n) is 9.25. The van der Waals surface area contributed by atoms with Gasteiger partial charge in [0, 0.05) is 33.9 Å². The number of nitrogens with one attached hydrogen (secondary N) is 1. The fourth-order valence-corrected chi connectivity index (χ4v) is 6.59. The molecule has 54 heavy (non-hydrogen) atoms. The van der Waals surface area contributed by atoms with Crippen LogP contribution in [0.4, 0.5) is 9.59 Å². The normalized spacial score (nSPS) is 19.5. The number of rotatable bonds is 23. The van der Waals surface area contributed by atoms with Crippen molar-refractivity contribution in [2.45, 2.75) is 83.4 Å². The molecule has 0 radical (unpaired) electrons. The van der Waals surface area contributed by atoms with Crippen LogP contribution in [0.2, 0.25) is 0 Å². The van der Waals surface area contributed by atoms with E-state index in [2.05, 4.69) is 0 Å². The lowest BCUT2D eigenvalue weighted by molar-refractivity contribution is -0.160. The lowest BCUT2D eigenvalue weighted by Gasteiger charge is -2.30. The molecule has 22 nitrogen and oxygen atoms in total. The maximum atomic E-state index is 13.5. The van der Waals surface area contributed by atoms with E-state index in [9.17, 15) is 38.7 Å². The topological polar surface area (TPSA) is 243 Å². The van der Waals surface area contributed by atoms with E-state index in [0.717, 1.165) is 32.1 Å². The van der Waals surface area contributed by atoms with Gasteiger partial charge >= 0.3 is 41.1 Å². The van der Waals surface area contributed by atoms with Crippen LogP contribution >= 0.6 is 0 Å². The number of aromatic amines is 1. The molecular weight excluding hydrogens is 722 g/mol. The molecule has 2 saturated heterocycles. The van der Waals surface area contributed by atoms with Gasteiger partial charge in [0.25, 0.3) is 0 Å². The van der Waals surface area contributed by atoms with Crippen molar-refractivity contribution >= 4 is 24.0 Å². The Balaban J connectivity index is 1.32. The van der Waals surface area contributed by atoms with Gasteiger partial charge in [-0.2, -0.15) is 0 Å². The van der Waals surface area contributed by atoms with Crippen LogP contribution in [0.15, 0.2) is 14.4 Å². The molecule has 0 bridgehead atoms. The summed E-state index contributed by atoms with van der Waals surface area (Å²) in [6, 6.07) is -1.04. The number of ether oxygens (including phenoxy) is 7. The minimum Gasteiger partial charge on any atom is -0.463 e. The molecular formula is C32H51N7O15. The first-order valence-electron chi connectivity index (χ1n) is 17.8. The van der Waals surface area contributed by atoms with E-state index in [-0.39, 0.29) is 58.9 Å². The maximum Gasteiger partial charge on any atom is 0.336 e. The molecule has 3 aliphatic rings. The molecule has 1 aliphatic carbocycles. The molecule has 1 aromatic rings. The Kier molecular flexibility index (Phi) is 16.4. The second-order valence-electron chi connectivity index (χ2n) is 12.8. The Hall–Kier alpha value is -4.35. The van der Waals surface area contributed by atoms with E-state index in [4.69, 9.17) is 33.2 Å². The predicted molar refractivity (Wildman–Crippen MR) is 182 cm³/mol. The van der Waals surface area contributed by atoms with Gasteiger partial charge in [-0.3, -0.25) is 34.2 Å². The zero-order valence-corrected chi connectivity index (χ0v) is 30.9. The van der Waals surface area contributed by atoms with E-state index in [0.29, 0.717) is 15.7 Å². The van der Waals surface area contributed by atoms with Gasteiger partial charge in [-0.15, -0.1) is 0 Å².